The van der Waals surface area contributed by atoms with E-state index < -0.39 is 24.7 Å². The third kappa shape index (κ3) is 4.33. The highest BCUT2D eigenvalue weighted by Gasteiger charge is 2.39. The molecule has 0 aromatic carbocycles. The summed E-state index contributed by atoms with van der Waals surface area (Å²) in [7, 11) is 1.22. The van der Waals surface area contributed by atoms with Crippen LogP contribution < -0.4 is 0 Å². The molecular weight excluding hydrogens is 249 g/mol. The summed E-state index contributed by atoms with van der Waals surface area (Å²) >= 11 is 0. The molecule has 100 valence electrons. The number of nitrogens with zero attached hydrogens (tertiary/aromatic N) is 2. The minimum Gasteiger partial charge on any atom is -0.382 e. The number of carbonyl (C=O) groups excluding carboxylic acids is 1. The maximum absolute atomic E-state index is 12.1. The molecule has 0 fully saturated rings. The molecule has 0 saturated carbocycles. The molecule has 1 heterocycles. The second kappa shape index (κ2) is 5.81. The molecule has 0 bridgehead atoms. The van der Waals surface area contributed by atoms with Gasteiger partial charge in [0.25, 0.3) is 0 Å². The highest BCUT2D eigenvalue weighted by atomic mass is 19.4. The molecule has 0 aliphatic rings. The lowest BCUT2D eigenvalue weighted by Crippen LogP contribution is -2.42. The molecule has 7 heteroatoms. The topological polar surface area (TPSA) is 53.4 Å². The van der Waals surface area contributed by atoms with Crippen LogP contribution >= 0.6 is 0 Å². The first-order valence-electron chi connectivity index (χ1n) is 5.18. The molecule has 0 aliphatic carbocycles. The van der Waals surface area contributed by atoms with Crippen LogP contribution in [-0.4, -0.2) is 46.8 Å². The van der Waals surface area contributed by atoms with Crippen LogP contribution in [0.4, 0.5) is 13.2 Å². The zero-order valence-electron chi connectivity index (χ0n) is 9.68. The van der Waals surface area contributed by atoms with Gasteiger partial charge in [-0.05, 0) is 11.6 Å². The van der Waals surface area contributed by atoms with Crippen molar-refractivity contribution >= 4 is 5.91 Å². The molecule has 1 aromatic heterocycles. The number of halogens is 3. The van der Waals surface area contributed by atoms with Gasteiger partial charge in [0.2, 0.25) is 5.91 Å². The van der Waals surface area contributed by atoms with Crippen LogP contribution in [0, 0.1) is 0 Å². The Hall–Kier alpha value is -1.63. The number of pyridine rings is 1. The molecule has 0 unspecified atom stereocenters. The normalized spacial score (nSPS) is 13.2. The van der Waals surface area contributed by atoms with Crippen molar-refractivity contribution in [2.75, 3.05) is 13.6 Å². The van der Waals surface area contributed by atoms with Crippen molar-refractivity contribution in [3.8, 4) is 0 Å². The summed E-state index contributed by atoms with van der Waals surface area (Å²) in [4.78, 5) is 16.2. The summed E-state index contributed by atoms with van der Waals surface area (Å²) in [6.45, 7) is -0.775. The van der Waals surface area contributed by atoms with E-state index in [4.69, 9.17) is 5.11 Å². The average Bonchev–Trinajstić information content (AvgIpc) is 2.28. The smallest absolute Gasteiger partial charge is 0.382 e. The van der Waals surface area contributed by atoms with Crippen LogP contribution in [-0.2, 0) is 11.2 Å². The lowest BCUT2D eigenvalue weighted by molar-refractivity contribution is -0.207. The number of aliphatic hydroxyl groups excluding tert-OH is 1. The number of hydrogen-bond acceptors (Lipinski definition) is 3. The van der Waals surface area contributed by atoms with Gasteiger partial charge in [-0.2, -0.15) is 13.2 Å². The van der Waals surface area contributed by atoms with Crippen LogP contribution in [0.5, 0.6) is 0 Å². The fourth-order valence-electron chi connectivity index (χ4n) is 1.28. The number of carbonyl (C=O) groups is 1. The lowest BCUT2D eigenvalue weighted by Gasteiger charge is -2.22. The van der Waals surface area contributed by atoms with Gasteiger partial charge in [0.05, 0.1) is 13.0 Å². The van der Waals surface area contributed by atoms with Crippen molar-refractivity contribution < 1.29 is 23.1 Å². The first-order chi connectivity index (χ1) is 8.30. The molecule has 0 saturated heterocycles. The van der Waals surface area contributed by atoms with E-state index in [0.29, 0.717) is 5.56 Å². The van der Waals surface area contributed by atoms with Gasteiger partial charge in [-0.15, -0.1) is 0 Å². The second-order valence-corrected chi connectivity index (χ2v) is 3.87. The van der Waals surface area contributed by atoms with Crippen molar-refractivity contribution in [1.29, 1.82) is 0 Å². The van der Waals surface area contributed by atoms with Gasteiger partial charge in [-0.25, -0.2) is 0 Å². The number of aromatic nitrogens is 1. The molecular formula is C11H13F3N2O2. The fourth-order valence-corrected chi connectivity index (χ4v) is 1.28. The average molecular weight is 262 g/mol. The van der Waals surface area contributed by atoms with Crippen molar-refractivity contribution in [1.82, 2.24) is 9.88 Å². The molecule has 1 atom stereocenters. The summed E-state index contributed by atoms with van der Waals surface area (Å²) in [5, 5.41) is 8.84. The zero-order valence-corrected chi connectivity index (χ0v) is 9.68. The Balaban J connectivity index is 2.52. The molecule has 18 heavy (non-hydrogen) atoms. The van der Waals surface area contributed by atoms with Crippen LogP contribution in [0.25, 0.3) is 0 Å². The minimum atomic E-state index is -4.72. The first-order valence-corrected chi connectivity index (χ1v) is 5.18. The highest BCUT2D eigenvalue weighted by molar-refractivity contribution is 5.78. The van der Waals surface area contributed by atoms with E-state index in [-0.39, 0.29) is 6.42 Å². The van der Waals surface area contributed by atoms with E-state index in [9.17, 15) is 18.0 Å². The second-order valence-electron chi connectivity index (χ2n) is 3.87. The van der Waals surface area contributed by atoms with Gasteiger partial charge in [0.1, 0.15) is 0 Å². The van der Waals surface area contributed by atoms with E-state index in [1.165, 1.54) is 19.4 Å². The third-order valence-corrected chi connectivity index (χ3v) is 2.33. The van der Waals surface area contributed by atoms with E-state index in [1.54, 1.807) is 12.1 Å². The molecule has 4 nitrogen and oxygen atoms in total. The maximum atomic E-state index is 12.1. The lowest BCUT2D eigenvalue weighted by atomic mass is 10.2. The molecule has 1 amide bonds. The summed E-state index contributed by atoms with van der Waals surface area (Å²) < 4.78 is 36.3. The van der Waals surface area contributed by atoms with Crippen LogP contribution in [0.15, 0.2) is 24.5 Å². The maximum Gasteiger partial charge on any atom is 0.416 e. The summed E-state index contributed by atoms with van der Waals surface area (Å²) in [5.41, 5.74) is 0.607. The first kappa shape index (κ1) is 14.4. The summed E-state index contributed by atoms with van der Waals surface area (Å²) in [6.07, 6.45) is -4.30. The standard InChI is InChI=1S/C11H13F3N2O2/c1-16(7-9(17)11(12,13)14)10(18)5-8-3-2-4-15-6-8/h2-4,6,9,17H,5,7H2,1H3/t9-/m1/s1. The number of alkyl halides is 3. The number of hydrogen-bond donors (Lipinski definition) is 1. The van der Waals surface area contributed by atoms with Crippen LogP contribution in [0.1, 0.15) is 5.56 Å². The Morgan fingerprint density at radius 1 is 1.56 bits per heavy atom. The predicted octanol–water partition coefficient (Wildman–Crippen LogP) is 1.01. The molecule has 0 aliphatic heterocycles. The fraction of sp³-hybridized carbons (Fsp3) is 0.455. The number of likely N-dealkylation sites (N-methyl/N-ethyl adjacent to an activating group) is 1. The number of amides is 1. The molecule has 1 rings (SSSR count). The molecule has 1 aromatic rings. The summed E-state index contributed by atoms with van der Waals surface area (Å²) in [5.74, 6) is -0.508. The third-order valence-electron chi connectivity index (χ3n) is 2.33. The van der Waals surface area contributed by atoms with Gasteiger partial charge in [0, 0.05) is 19.4 Å². The molecule has 0 spiro atoms. The Kier molecular flexibility index (Phi) is 4.66. The quantitative estimate of drug-likeness (QED) is 0.881. The predicted molar refractivity (Wildman–Crippen MR) is 57.6 cm³/mol. The van der Waals surface area contributed by atoms with Gasteiger partial charge < -0.3 is 10.0 Å². The van der Waals surface area contributed by atoms with E-state index in [0.717, 1.165) is 4.90 Å². The summed E-state index contributed by atoms with van der Waals surface area (Å²) in [6, 6.07) is 3.28. The van der Waals surface area contributed by atoms with Crippen LogP contribution in [0.2, 0.25) is 0 Å². The van der Waals surface area contributed by atoms with Gasteiger partial charge in [-0.3, -0.25) is 9.78 Å². The van der Waals surface area contributed by atoms with E-state index in [1.807, 2.05) is 0 Å². The number of rotatable bonds is 4. The number of aliphatic hydroxyl groups is 1. The minimum absolute atomic E-state index is 0.0467. The highest BCUT2D eigenvalue weighted by Crippen LogP contribution is 2.20. The van der Waals surface area contributed by atoms with E-state index in [2.05, 4.69) is 4.98 Å². The van der Waals surface area contributed by atoms with Gasteiger partial charge >= 0.3 is 6.18 Å². The van der Waals surface area contributed by atoms with Gasteiger partial charge in [0.15, 0.2) is 6.10 Å². The molecule has 0 radical (unpaired) electrons. The largest absolute Gasteiger partial charge is 0.416 e. The zero-order chi connectivity index (χ0) is 13.8. The van der Waals surface area contributed by atoms with E-state index >= 15 is 0 Å². The van der Waals surface area contributed by atoms with Crippen molar-refractivity contribution in [2.45, 2.75) is 18.7 Å². The Labute approximate surface area is 102 Å². The Morgan fingerprint density at radius 2 is 2.22 bits per heavy atom. The van der Waals surface area contributed by atoms with Crippen LogP contribution in [0.3, 0.4) is 0 Å². The monoisotopic (exact) mass is 262 g/mol. The Morgan fingerprint density at radius 3 is 2.72 bits per heavy atom. The van der Waals surface area contributed by atoms with Crippen molar-refractivity contribution in [2.24, 2.45) is 0 Å². The van der Waals surface area contributed by atoms with Gasteiger partial charge in [-0.1, -0.05) is 6.07 Å². The SMILES string of the molecule is CN(C[C@@H](O)C(F)(F)F)C(=O)Cc1cccnc1. The molecule has 1 N–H and O–H groups in total. The van der Waals surface area contributed by atoms with Crippen molar-refractivity contribution in [3.05, 3.63) is 30.1 Å². The Bertz CT molecular complexity index is 395. The van der Waals surface area contributed by atoms with Crippen molar-refractivity contribution in [3.63, 3.8) is 0 Å².